The smallest absolute Gasteiger partial charge is 0.270 e. The Morgan fingerprint density at radius 2 is 1.78 bits per heavy atom. The highest BCUT2D eigenvalue weighted by atomic mass is 32.2. The number of aromatic nitrogens is 1. The zero-order valence-electron chi connectivity index (χ0n) is 25.3. The molecule has 0 aliphatic heterocycles. The molecule has 0 saturated carbocycles. The van der Waals surface area contributed by atoms with Gasteiger partial charge in [0.25, 0.3) is 11.6 Å². The standard InChI is InChI=1S/C31H35N5O7S2/c1-19(2)17-35(45(42,43)24-12-13-26-29(16-24)44-31(34-26)32-21(4)37)18-28(38)27(14-22-8-6-5-7-9-22)33-30(39)25-15-23(36(40)41)11-10-20(25)3/h5-13,15-16,19,27-28,38H,14,17-18H2,1-4H3,(H,33,39)(H,32,34,37)/t27-,28+/m0/s1. The Kier molecular flexibility index (Phi) is 10.7. The van der Waals surface area contributed by atoms with E-state index in [4.69, 9.17) is 0 Å². The van der Waals surface area contributed by atoms with Crippen LogP contribution in [-0.4, -0.2) is 64.8 Å². The van der Waals surface area contributed by atoms with Crippen molar-refractivity contribution in [2.75, 3.05) is 18.4 Å². The third-order valence-electron chi connectivity index (χ3n) is 7.00. The van der Waals surface area contributed by atoms with Crippen LogP contribution in [-0.2, 0) is 21.2 Å². The van der Waals surface area contributed by atoms with E-state index >= 15 is 0 Å². The number of nitrogens with one attached hydrogen (secondary N) is 2. The van der Waals surface area contributed by atoms with Crippen molar-refractivity contribution in [3.63, 3.8) is 0 Å². The average molecular weight is 654 g/mol. The third-order valence-corrected chi connectivity index (χ3v) is 9.76. The minimum Gasteiger partial charge on any atom is -0.390 e. The van der Waals surface area contributed by atoms with Crippen LogP contribution in [0, 0.1) is 23.0 Å². The van der Waals surface area contributed by atoms with Gasteiger partial charge in [0.15, 0.2) is 5.13 Å². The summed E-state index contributed by atoms with van der Waals surface area (Å²) in [5.41, 5.74) is 1.66. The van der Waals surface area contributed by atoms with Crippen molar-refractivity contribution in [2.24, 2.45) is 5.92 Å². The number of nitrogens with zero attached hydrogens (tertiary/aromatic N) is 3. The summed E-state index contributed by atoms with van der Waals surface area (Å²) >= 11 is 1.15. The number of anilines is 1. The van der Waals surface area contributed by atoms with Gasteiger partial charge in [-0.2, -0.15) is 4.31 Å². The number of thiazole rings is 1. The molecule has 3 aromatic carbocycles. The molecule has 0 aliphatic carbocycles. The molecule has 238 valence electrons. The first kappa shape index (κ1) is 33.6. The van der Waals surface area contributed by atoms with E-state index < -0.39 is 33.0 Å². The van der Waals surface area contributed by atoms with Gasteiger partial charge in [-0.1, -0.05) is 61.6 Å². The normalized spacial score (nSPS) is 13.1. The number of carbonyl (C=O) groups excluding carboxylic acids is 2. The number of aryl methyl sites for hydroxylation is 1. The van der Waals surface area contributed by atoms with Gasteiger partial charge in [0, 0.05) is 37.7 Å². The molecule has 4 aromatic rings. The number of non-ortho nitro benzene ring substituents is 1. The lowest BCUT2D eigenvalue weighted by Crippen LogP contribution is -2.51. The molecule has 14 heteroatoms. The number of nitro groups is 1. The number of hydrogen-bond acceptors (Lipinski definition) is 9. The van der Waals surface area contributed by atoms with Gasteiger partial charge in [0.05, 0.1) is 32.2 Å². The van der Waals surface area contributed by atoms with Crippen LogP contribution in [0.2, 0.25) is 0 Å². The number of amides is 2. The van der Waals surface area contributed by atoms with Gasteiger partial charge in [0.1, 0.15) is 0 Å². The lowest BCUT2D eigenvalue weighted by molar-refractivity contribution is -0.384. The number of benzene rings is 3. The summed E-state index contributed by atoms with van der Waals surface area (Å²) < 4.78 is 29.7. The van der Waals surface area contributed by atoms with Crippen LogP contribution in [0.4, 0.5) is 10.8 Å². The topological polar surface area (TPSA) is 172 Å². The first-order valence-electron chi connectivity index (χ1n) is 14.2. The molecule has 0 bridgehead atoms. The maximum Gasteiger partial charge on any atom is 0.270 e. The SMILES string of the molecule is CC(=O)Nc1nc2ccc(S(=O)(=O)N(CC(C)C)C[C@@H](O)[C@H](Cc3ccccc3)NC(=O)c3cc([N+](=O)[O-])ccc3C)cc2s1. The third kappa shape index (κ3) is 8.48. The van der Waals surface area contributed by atoms with Crippen molar-refractivity contribution in [3.05, 3.63) is 93.5 Å². The second-order valence-corrected chi connectivity index (χ2v) is 14.1. The molecule has 3 N–H and O–H groups in total. The molecule has 0 unspecified atom stereocenters. The van der Waals surface area contributed by atoms with Crippen molar-refractivity contribution >= 4 is 54.2 Å². The molecule has 1 aromatic heterocycles. The van der Waals surface area contributed by atoms with E-state index in [9.17, 15) is 33.2 Å². The molecule has 1 heterocycles. The van der Waals surface area contributed by atoms with E-state index in [1.54, 1.807) is 13.0 Å². The van der Waals surface area contributed by atoms with Crippen LogP contribution in [0.3, 0.4) is 0 Å². The maximum absolute atomic E-state index is 14.0. The van der Waals surface area contributed by atoms with Crippen LogP contribution >= 0.6 is 11.3 Å². The molecule has 2 atom stereocenters. The van der Waals surface area contributed by atoms with Crippen molar-refractivity contribution < 1.29 is 28.0 Å². The van der Waals surface area contributed by atoms with Crippen LogP contribution in [0.25, 0.3) is 10.2 Å². The van der Waals surface area contributed by atoms with E-state index in [1.807, 2.05) is 44.2 Å². The van der Waals surface area contributed by atoms with E-state index in [0.29, 0.717) is 20.9 Å². The van der Waals surface area contributed by atoms with Gasteiger partial charge in [-0.25, -0.2) is 13.4 Å². The predicted molar refractivity (Wildman–Crippen MR) is 173 cm³/mol. The summed E-state index contributed by atoms with van der Waals surface area (Å²) in [5, 5.41) is 28.7. The molecule has 0 spiro atoms. The Morgan fingerprint density at radius 1 is 1.07 bits per heavy atom. The quantitative estimate of drug-likeness (QED) is 0.140. The Bertz CT molecular complexity index is 1810. The van der Waals surface area contributed by atoms with E-state index in [2.05, 4.69) is 15.6 Å². The van der Waals surface area contributed by atoms with Gasteiger partial charge in [-0.05, 0) is 48.6 Å². The highest BCUT2D eigenvalue weighted by Gasteiger charge is 2.32. The minimum atomic E-state index is -4.13. The van der Waals surface area contributed by atoms with Crippen LogP contribution in [0.15, 0.2) is 71.6 Å². The first-order chi connectivity index (χ1) is 21.2. The van der Waals surface area contributed by atoms with Gasteiger partial charge in [0.2, 0.25) is 15.9 Å². The van der Waals surface area contributed by atoms with E-state index in [-0.39, 0.29) is 47.5 Å². The highest BCUT2D eigenvalue weighted by Crippen LogP contribution is 2.30. The number of hydrogen-bond donors (Lipinski definition) is 3. The molecule has 4 rings (SSSR count). The zero-order valence-corrected chi connectivity index (χ0v) is 26.9. The van der Waals surface area contributed by atoms with Crippen LogP contribution in [0.5, 0.6) is 0 Å². The van der Waals surface area contributed by atoms with Crippen molar-refractivity contribution in [3.8, 4) is 0 Å². The first-order valence-corrected chi connectivity index (χ1v) is 16.5. The molecular weight excluding hydrogens is 619 g/mol. The van der Waals surface area contributed by atoms with Crippen molar-refractivity contribution in [1.82, 2.24) is 14.6 Å². The zero-order chi connectivity index (χ0) is 32.9. The van der Waals surface area contributed by atoms with Crippen LogP contribution < -0.4 is 10.6 Å². The monoisotopic (exact) mass is 653 g/mol. The fraction of sp³-hybridized carbons (Fsp3) is 0.323. The Balaban J connectivity index is 1.65. The summed E-state index contributed by atoms with van der Waals surface area (Å²) in [5.74, 6) is -1.02. The van der Waals surface area contributed by atoms with Crippen LogP contribution in [0.1, 0.15) is 42.3 Å². The Hall–Kier alpha value is -4.24. The van der Waals surface area contributed by atoms with Crippen molar-refractivity contribution in [2.45, 2.75) is 51.2 Å². The van der Waals surface area contributed by atoms with Gasteiger partial charge in [-0.3, -0.25) is 19.7 Å². The summed E-state index contributed by atoms with van der Waals surface area (Å²) in [7, 11) is -4.13. The summed E-state index contributed by atoms with van der Waals surface area (Å²) in [4.78, 5) is 39.9. The molecule has 0 radical (unpaired) electrons. The lowest BCUT2D eigenvalue weighted by Gasteiger charge is -2.31. The summed E-state index contributed by atoms with van der Waals surface area (Å²) in [6.07, 6.45) is -1.17. The maximum atomic E-state index is 14.0. The molecular formula is C31H35N5O7S2. The molecule has 45 heavy (non-hydrogen) atoms. The number of fused-ring (bicyclic) bond motifs is 1. The number of carbonyl (C=O) groups is 2. The van der Waals surface area contributed by atoms with Gasteiger partial charge >= 0.3 is 0 Å². The average Bonchev–Trinajstić information content (AvgIpc) is 3.37. The van der Waals surface area contributed by atoms with E-state index in [0.717, 1.165) is 16.9 Å². The largest absolute Gasteiger partial charge is 0.390 e. The fourth-order valence-electron chi connectivity index (χ4n) is 4.80. The van der Waals surface area contributed by atoms with Crippen molar-refractivity contribution in [1.29, 1.82) is 0 Å². The summed E-state index contributed by atoms with van der Waals surface area (Å²) in [6, 6.07) is 16.6. The number of rotatable bonds is 13. The Labute approximate surface area is 265 Å². The van der Waals surface area contributed by atoms with Gasteiger partial charge < -0.3 is 15.7 Å². The van der Waals surface area contributed by atoms with E-state index in [1.165, 1.54) is 41.6 Å². The number of nitro benzene ring substituents is 1. The second-order valence-electron chi connectivity index (χ2n) is 11.1. The summed E-state index contributed by atoms with van der Waals surface area (Å²) in [6.45, 7) is 6.48. The number of sulfonamides is 1. The highest BCUT2D eigenvalue weighted by molar-refractivity contribution is 7.89. The van der Waals surface area contributed by atoms with Gasteiger partial charge in [-0.15, -0.1) is 0 Å². The number of aliphatic hydroxyl groups is 1. The fourth-order valence-corrected chi connectivity index (χ4v) is 7.47. The number of aliphatic hydroxyl groups excluding tert-OH is 1. The predicted octanol–water partition coefficient (Wildman–Crippen LogP) is 4.52. The molecule has 0 aliphatic rings. The molecule has 12 nitrogen and oxygen atoms in total. The molecule has 0 fully saturated rings. The second kappa shape index (κ2) is 14.2. The minimum absolute atomic E-state index is 0.00302. The Morgan fingerprint density at radius 3 is 2.42 bits per heavy atom. The molecule has 0 saturated heterocycles. The molecule has 2 amide bonds. The lowest BCUT2D eigenvalue weighted by atomic mass is 9.99.